The molecule has 1 aliphatic heterocycles. The van der Waals surface area contributed by atoms with Crippen molar-refractivity contribution in [3.05, 3.63) is 40.8 Å². The standard InChI is InChI=1S/C22H22O12/c1-31-8-2-14-18(10(5-17(27)32-14)9-4-12(25)13(26)6-11(9)24)15(3-8)33-22-21(30)20(29)19(28)16(7-23)34-22/h2-6,16,19-26,28-30H,7H2,1H3/t16-,19-,20+,21-,22-/m1/s1. The smallest absolute Gasteiger partial charge is 0.336 e. The summed E-state index contributed by atoms with van der Waals surface area (Å²) in [5.74, 6) is -1.56. The van der Waals surface area contributed by atoms with E-state index in [1.807, 2.05) is 0 Å². The van der Waals surface area contributed by atoms with Gasteiger partial charge in [0.25, 0.3) is 0 Å². The second-order valence-corrected chi connectivity index (χ2v) is 7.65. The molecule has 1 aromatic heterocycles. The Bertz CT molecular complexity index is 1270. The molecule has 0 saturated carbocycles. The van der Waals surface area contributed by atoms with Crippen LogP contribution in [0.5, 0.6) is 28.7 Å². The van der Waals surface area contributed by atoms with E-state index in [0.29, 0.717) is 0 Å². The average Bonchev–Trinajstić information content (AvgIpc) is 2.80. The molecule has 34 heavy (non-hydrogen) atoms. The molecule has 5 atom stereocenters. The third-order valence-electron chi connectivity index (χ3n) is 5.49. The number of aromatic hydroxyl groups is 3. The van der Waals surface area contributed by atoms with Crippen LogP contribution in [0.4, 0.5) is 0 Å². The van der Waals surface area contributed by atoms with E-state index < -0.39 is 60.2 Å². The minimum atomic E-state index is -1.73. The number of rotatable bonds is 5. The quantitative estimate of drug-likeness (QED) is 0.144. The molecule has 1 aliphatic rings. The fourth-order valence-corrected chi connectivity index (χ4v) is 3.73. The number of phenols is 3. The molecule has 2 aromatic carbocycles. The van der Waals surface area contributed by atoms with E-state index in [4.69, 9.17) is 18.6 Å². The highest BCUT2D eigenvalue weighted by atomic mass is 16.7. The lowest BCUT2D eigenvalue weighted by molar-refractivity contribution is -0.277. The average molecular weight is 478 g/mol. The minimum Gasteiger partial charge on any atom is -0.507 e. The van der Waals surface area contributed by atoms with E-state index in [1.54, 1.807) is 0 Å². The van der Waals surface area contributed by atoms with Gasteiger partial charge in [-0.05, 0) is 6.07 Å². The normalized spacial score (nSPS) is 24.8. The van der Waals surface area contributed by atoms with Gasteiger partial charge in [0, 0.05) is 35.4 Å². The molecule has 0 unspecified atom stereocenters. The predicted octanol–water partition coefficient (Wildman–Crippen LogP) is -0.236. The molecule has 0 bridgehead atoms. The molecule has 7 N–H and O–H groups in total. The molecule has 12 nitrogen and oxygen atoms in total. The minimum absolute atomic E-state index is 0.0290. The maximum absolute atomic E-state index is 12.3. The molecule has 1 fully saturated rings. The largest absolute Gasteiger partial charge is 0.507 e. The van der Waals surface area contributed by atoms with Gasteiger partial charge in [-0.1, -0.05) is 0 Å². The van der Waals surface area contributed by atoms with Gasteiger partial charge < -0.3 is 54.4 Å². The van der Waals surface area contributed by atoms with E-state index in [0.717, 1.165) is 18.2 Å². The molecule has 0 amide bonds. The molecule has 1 saturated heterocycles. The van der Waals surface area contributed by atoms with Gasteiger partial charge in [0.2, 0.25) is 6.29 Å². The molecule has 3 aromatic rings. The molecule has 4 rings (SSSR count). The summed E-state index contributed by atoms with van der Waals surface area (Å²) in [6, 6.07) is 5.64. The van der Waals surface area contributed by atoms with Crippen LogP contribution in [0, 0.1) is 0 Å². The molecular formula is C22H22O12. The molecular weight excluding hydrogens is 456 g/mol. The van der Waals surface area contributed by atoms with Crippen LogP contribution < -0.4 is 15.1 Å². The van der Waals surface area contributed by atoms with E-state index in [9.17, 15) is 40.5 Å². The van der Waals surface area contributed by atoms with Crippen molar-refractivity contribution in [3.8, 4) is 39.9 Å². The highest BCUT2D eigenvalue weighted by molar-refractivity contribution is 6.00. The van der Waals surface area contributed by atoms with Gasteiger partial charge in [-0.15, -0.1) is 0 Å². The first-order valence-corrected chi connectivity index (χ1v) is 10.0. The first-order valence-electron chi connectivity index (χ1n) is 10.0. The van der Waals surface area contributed by atoms with Gasteiger partial charge in [0.05, 0.1) is 19.1 Å². The van der Waals surface area contributed by atoms with Crippen LogP contribution in [0.15, 0.2) is 39.5 Å². The van der Waals surface area contributed by atoms with Crippen molar-refractivity contribution < 1.29 is 54.4 Å². The first kappa shape index (κ1) is 23.6. The first-order chi connectivity index (χ1) is 16.1. The maximum atomic E-state index is 12.3. The molecule has 2 heterocycles. The lowest BCUT2D eigenvalue weighted by Gasteiger charge is -2.39. The summed E-state index contributed by atoms with van der Waals surface area (Å²) in [7, 11) is 1.34. The van der Waals surface area contributed by atoms with Crippen molar-refractivity contribution in [1.29, 1.82) is 0 Å². The SMILES string of the molecule is COc1cc(O[C@@H]2O[C@H](CO)[C@@H](O)[C@H](O)[C@H]2O)c2c(-c3cc(O)c(O)cc3O)cc(=O)oc2c1. The summed E-state index contributed by atoms with van der Waals surface area (Å²) in [5, 5.41) is 70.0. The molecule has 0 radical (unpaired) electrons. The zero-order valence-corrected chi connectivity index (χ0v) is 17.7. The van der Waals surface area contributed by atoms with Crippen molar-refractivity contribution in [2.24, 2.45) is 0 Å². The Hall–Kier alpha value is -3.55. The third kappa shape index (κ3) is 4.08. The van der Waals surface area contributed by atoms with E-state index >= 15 is 0 Å². The topological polar surface area (TPSA) is 200 Å². The molecule has 0 aliphatic carbocycles. The lowest BCUT2D eigenvalue weighted by Crippen LogP contribution is -2.60. The number of phenolic OH excluding ortho intramolecular Hbond substituents is 3. The summed E-state index contributed by atoms with van der Waals surface area (Å²) < 4.78 is 21.6. The summed E-state index contributed by atoms with van der Waals surface area (Å²) in [6.45, 7) is -0.676. The van der Waals surface area contributed by atoms with Gasteiger partial charge in [-0.3, -0.25) is 0 Å². The molecule has 0 spiro atoms. The van der Waals surface area contributed by atoms with Crippen LogP contribution in [0.25, 0.3) is 22.1 Å². The third-order valence-corrected chi connectivity index (χ3v) is 5.49. The number of fused-ring (bicyclic) bond motifs is 1. The summed E-state index contributed by atoms with van der Waals surface area (Å²) >= 11 is 0. The Morgan fingerprint density at radius 2 is 1.59 bits per heavy atom. The lowest BCUT2D eigenvalue weighted by atomic mass is 9.98. The number of ether oxygens (including phenoxy) is 3. The summed E-state index contributed by atoms with van der Waals surface area (Å²) in [4.78, 5) is 12.3. The van der Waals surface area contributed by atoms with Crippen molar-refractivity contribution in [2.75, 3.05) is 13.7 Å². The van der Waals surface area contributed by atoms with Crippen LogP contribution in [-0.2, 0) is 4.74 Å². The summed E-state index contributed by atoms with van der Waals surface area (Å²) in [6.07, 6.45) is -7.86. The van der Waals surface area contributed by atoms with Crippen LogP contribution in [-0.4, -0.2) is 80.2 Å². The van der Waals surface area contributed by atoms with Crippen LogP contribution in [0.3, 0.4) is 0 Å². The van der Waals surface area contributed by atoms with Crippen LogP contribution >= 0.6 is 0 Å². The number of benzene rings is 2. The Morgan fingerprint density at radius 3 is 2.26 bits per heavy atom. The fourth-order valence-electron chi connectivity index (χ4n) is 3.73. The Balaban J connectivity index is 1.92. The Labute approximate surface area is 191 Å². The van der Waals surface area contributed by atoms with Crippen molar-refractivity contribution in [1.82, 2.24) is 0 Å². The van der Waals surface area contributed by atoms with E-state index in [-0.39, 0.29) is 33.6 Å². The van der Waals surface area contributed by atoms with Gasteiger partial charge >= 0.3 is 5.63 Å². The zero-order chi connectivity index (χ0) is 24.7. The van der Waals surface area contributed by atoms with Crippen LogP contribution in [0.2, 0.25) is 0 Å². The number of aliphatic hydroxyl groups excluding tert-OH is 4. The number of aliphatic hydroxyl groups is 4. The van der Waals surface area contributed by atoms with Gasteiger partial charge in [0.1, 0.15) is 47.2 Å². The Kier molecular flexibility index (Phi) is 6.25. The summed E-state index contributed by atoms with van der Waals surface area (Å²) in [5.41, 5.74) is -0.909. The highest BCUT2D eigenvalue weighted by Gasteiger charge is 2.45. The second kappa shape index (κ2) is 9.00. The number of methoxy groups -OCH3 is 1. The second-order valence-electron chi connectivity index (χ2n) is 7.65. The monoisotopic (exact) mass is 478 g/mol. The van der Waals surface area contributed by atoms with E-state index in [1.165, 1.54) is 19.2 Å². The fraction of sp³-hybridized carbons (Fsp3) is 0.318. The predicted molar refractivity (Wildman–Crippen MR) is 114 cm³/mol. The maximum Gasteiger partial charge on any atom is 0.336 e. The van der Waals surface area contributed by atoms with Gasteiger partial charge in [-0.25, -0.2) is 4.79 Å². The van der Waals surface area contributed by atoms with Gasteiger partial charge in [0.15, 0.2) is 11.5 Å². The van der Waals surface area contributed by atoms with E-state index in [2.05, 4.69) is 0 Å². The van der Waals surface area contributed by atoms with Gasteiger partial charge in [-0.2, -0.15) is 0 Å². The number of hydrogen-bond acceptors (Lipinski definition) is 12. The molecule has 182 valence electrons. The van der Waals surface area contributed by atoms with Crippen molar-refractivity contribution >= 4 is 11.0 Å². The molecule has 12 heteroatoms. The number of hydrogen-bond donors (Lipinski definition) is 7. The highest BCUT2D eigenvalue weighted by Crippen LogP contribution is 2.44. The van der Waals surface area contributed by atoms with Crippen LogP contribution in [0.1, 0.15) is 0 Å². The van der Waals surface area contributed by atoms with Crippen molar-refractivity contribution in [3.63, 3.8) is 0 Å². The van der Waals surface area contributed by atoms with Crippen molar-refractivity contribution in [2.45, 2.75) is 30.7 Å². The zero-order valence-electron chi connectivity index (χ0n) is 17.7. The Morgan fingerprint density at radius 1 is 0.882 bits per heavy atom.